The molecule has 0 aliphatic heterocycles. The molecule has 0 saturated carbocycles. The molecule has 2 rings (SSSR count). The minimum Gasteiger partial charge on any atom is -0.465 e. The summed E-state index contributed by atoms with van der Waals surface area (Å²) in [4.78, 5) is 24.1. The van der Waals surface area contributed by atoms with Gasteiger partial charge in [-0.15, -0.1) is 0 Å². The molecule has 1 amide bonds. The van der Waals surface area contributed by atoms with Crippen LogP contribution in [0.3, 0.4) is 0 Å². The molecule has 0 aliphatic carbocycles. The van der Waals surface area contributed by atoms with Crippen LogP contribution in [0.15, 0.2) is 42.5 Å². The van der Waals surface area contributed by atoms with Gasteiger partial charge in [-0.3, -0.25) is 9.10 Å². The number of sulfonamides is 1. The van der Waals surface area contributed by atoms with E-state index in [1.165, 1.54) is 25.3 Å². The number of hydrogen-bond acceptors (Lipinski definition) is 5. The predicted octanol–water partition coefficient (Wildman–Crippen LogP) is 2.67. The highest BCUT2D eigenvalue weighted by Crippen LogP contribution is 2.24. The highest BCUT2D eigenvalue weighted by molar-refractivity contribution is 7.92. The molecule has 0 spiro atoms. The molecule has 0 atom stereocenters. The van der Waals surface area contributed by atoms with Crippen LogP contribution in [0.5, 0.6) is 0 Å². The number of nitrogens with zero attached hydrogens (tertiary/aromatic N) is 1. The number of nitrogens with one attached hydrogen (secondary N) is 1. The topological polar surface area (TPSA) is 92.8 Å². The van der Waals surface area contributed by atoms with Crippen LogP contribution in [0.4, 0.5) is 15.8 Å². The van der Waals surface area contributed by atoms with Crippen LogP contribution in [0, 0.1) is 5.82 Å². The number of esters is 1. The fourth-order valence-corrected chi connectivity index (χ4v) is 3.26. The Hall–Kier alpha value is -2.65. The van der Waals surface area contributed by atoms with Crippen molar-refractivity contribution in [1.29, 1.82) is 0 Å². The molecule has 0 unspecified atom stereocenters. The summed E-state index contributed by atoms with van der Waals surface area (Å²) in [6.07, 6.45) is 0.903. The average Bonchev–Trinajstić information content (AvgIpc) is 2.61. The number of methoxy groups -OCH3 is 1. The van der Waals surface area contributed by atoms with E-state index >= 15 is 0 Å². The zero-order chi connectivity index (χ0) is 20.2. The number of anilines is 2. The smallest absolute Gasteiger partial charge is 0.339 e. The third-order valence-corrected chi connectivity index (χ3v) is 4.92. The summed E-state index contributed by atoms with van der Waals surface area (Å²) in [5, 5.41) is 2.19. The molecule has 0 saturated heterocycles. The first-order valence-corrected chi connectivity index (χ1v) is 9.76. The number of hydrogen-bond donors (Lipinski definition) is 1. The Morgan fingerprint density at radius 1 is 1.22 bits per heavy atom. The highest BCUT2D eigenvalue weighted by Gasteiger charge is 2.23. The summed E-state index contributed by atoms with van der Waals surface area (Å²) in [6, 6.07) is 9.41. The molecule has 0 aliphatic rings. The summed E-state index contributed by atoms with van der Waals surface area (Å²) in [5.41, 5.74) is 0.310. The molecule has 7 nitrogen and oxygen atoms in total. The van der Waals surface area contributed by atoms with Crippen molar-refractivity contribution in [2.45, 2.75) is 0 Å². The molecule has 144 valence electrons. The maximum absolute atomic E-state index is 13.3. The van der Waals surface area contributed by atoms with Gasteiger partial charge in [-0.05, 0) is 30.3 Å². The lowest BCUT2D eigenvalue weighted by Crippen LogP contribution is -2.37. The van der Waals surface area contributed by atoms with E-state index in [2.05, 4.69) is 10.1 Å². The van der Waals surface area contributed by atoms with Gasteiger partial charge in [-0.1, -0.05) is 23.7 Å². The number of halogens is 2. The molecule has 0 aromatic heterocycles. The minimum atomic E-state index is -3.87. The zero-order valence-electron chi connectivity index (χ0n) is 14.4. The summed E-state index contributed by atoms with van der Waals surface area (Å²) < 4.78 is 42.9. The van der Waals surface area contributed by atoms with E-state index < -0.39 is 34.3 Å². The van der Waals surface area contributed by atoms with Crippen LogP contribution < -0.4 is 9.62 Å². The lowest BCUT2D eigenvalue weighted by atomic mass is 10.2. The van der Waals surface area contributed by atoms with Crippen LogP contribution in [-0.4, -0.2) is 40.2 Å². The van der Waals surface area contributed by atoms with Gasteiger partial charge >= 0.3 is 5.97 Å². The van der Waals surface area contributed by atoms with Gasteiger partial charge in [0.25, 0.3) is 0 Å². The molecule has 1 N–H and O–H groups in total. The van der Waals surface area contributed by atoms with E-state index in [4.69, 9.17) is 11.6 Å². The first-order chi connectivity index (χ1) is 12.6. The van der Waals surface area contributed by atoms with Crippen molar-refractivity contribution >= 4 is 44.9 Å². The van der Waals surface area contributed by atoms with Gasteiger partial charge < -0.3 is 10.1 Å². The first-order valence-electron chi connectivity index (χ1n) is 7.53. The van der Waals surface area contributed by atoms with Gasteiger partial charge in [0.15, 0.2) is 0 Å². The van der Waals surface area contributed by atoms with Gasteiger partial charge in [0, 0.05) is 0 Å². The number of carbonyl (C=O) groups is 2. The Kier molecular flexibility index (Phi) is 6.40. The number of para-hydroxylation sites is 1. The molecule has 27 heavy (non-hydrogen) atoms. The van der Waals surface area contributed by atoms with Gasteiger partial charge in [0.1, 0.15) is 12.4 Å². The molecule has 0 bridgehead atoms. The van der Waals surface area contributed by atoms with Crippen LogP contribution in [0.25, 0.3) is 0 Å². The van der Waals surface area contributed by atoms with Gasteiger partial charge in [-0.25, -0.2) is 17.6 Å². The summed E-state index contributed by atoms with van der Waals surface area (Å²) in [6.45, 7) is -0.601. The second-order valence-corrected chi connectivity index (χ2v) is 7.77. The van der Waals surface area contributed by atoms with Crippen molar-refractivity contribution in [3.05, 3.63) is 58.9 Å². The van der Waals surface area contributed by atoms with Gasteiger partial charge in [-0.2, -0.15) is 0 Å². The van der Waals surface area contributed by atoms with Crippen molar-refractivity contribution in [3.8, 4) is 0 Å². The number of ether oxygens (including phenoxy) is 1. The van der Waals surface area contributed by atoms with Crippen LogP contribution in [0.1, 0.15) is 10.4 Å². The summed E-state index contributed by atoms with van der Waals surface area (Å²) >= 11 is 5.70. The number of carbonyl (C=O) groups excluding carboxylic acids is 2. The number of rotatable bonds is 6. The Morgan fingerprint density at radius 3 is 2.48 bits per heavy atom. The van der Waals surface area contributed by atoms with Crippen molar-refractivity contribution in [1.82, 2.24) is 0 Å². The molecule has 0 heterocycles. The van der Waals surface area contributed by atoms with Crippen molar-refractivity contribution in [3.63, 3.8) is 0 Å². The fourth-order valence-electron chi connectivity index (χ4n) is 2.24. The monoisotopic (exact) mass is 414 g/mol. The Bertz CT molecular complexity index is 981. The minimum absolute atomic E-state index is 0.0281. The third kappa shape index (κ3) is 5.18. The third-order valence-electron chi connectivity index (χ3n) is 3.49. The van der Waals surface area contributed by atoms with E-state index in [0.29, 0.717) is 0 Å². The van der Waals surface area contributed by atoms with E-state index in [1.807, 2.05) is 0 Å². The lowest BCUT2D eigenvalue weighted by Gasteiger charge is -2.22. The number of amides is 1. The molecule has 2 aromatic carbocycles. The molecular formula is C17H16ClFN2O5S. The summed E-state index contributed by atoms with van der Waals surface area (Å²) in [5.74, 6) is -2.08. The quantitative estimate of drug-likeness (QED) is 0.733. The zero-order valence-corrected chi connectivity index (χ0v) is 16.0. The Morgan fingerprint density at radius 2 is 1.89 bits per heavy atom. The maximum atomic E-state index is 13.3. The lowest BCUT2D eigenvalue weighted by molar-refractivity contribution is -0.114. The van der Waals surface area contributed by atoms with Crippen molar-refractivity contribution < 1.29 is 27.1 Å². The number of benzene rings is 2. The Balaban J connectivity index is 2.28. The highest BCUT2D eigenvalue weighted by atomic mass is 35.5. The molecular weight excluding hydrogens is 399 g/mol. The van der Waals surface area contributed by atoms with Gasteiger partial charge in [0.05, 0.1) is 35.3 Å². The largest absolute Gasteiger partial charge is 0.465 e. The van der Waals surface area contributed by atoms with E-state index in [-0.39, 0.29) is 22.0 Å². The van der Waals surface area contributed by atoms with E-state index in [9.17, 15) is 22.4 Å². The predicted molar refractivity (Wildman–Crippen MR) is 100 cm³/mol. The second-order valence-electron chi connectivity index (χ2n) is 5.45. The van der Waals surface area contributed by atoms with Crippen molar-refractivity contribution in [2.24, 2.45) is 0 Å². The van der Waals surface area contributed by atoms with E-state index in [1.54, 1.807) is 12.1 Å². The van der Waals surface area contributed by atoms with E-state index in [0.717, 1.165) is 22.7 Å². The van der Waals surface area contributed by atoms with Crippen LogP contribution in [0.2, 0.25) is 5.02 Å². The van der Waals surface area contributed by atoms with Crippen molar-refractivity contribution in [2.75, 3.05) is 29.5 Å². The van der Waals surface area contributed by atoms with Crippen LogP contribution in [-0.2, 0) is 19.6 Å². The first kappa shape index (κ1) is 20.7. The fraction of sp³-hybridized carbons (Fsp3) is 0.176. The summed E-state index contributed by atoms with van der Waals surface area (Å²) in [7, 11) is -2.67. The van der Waals surface area contributed by atoms with Gasteiger partial charge in [0.2, 0.25) is 15.9 Å². The molecule has 0 radical (unpaired) electrons. The standard InChI is InChI=1S/C17H16ClFN2O5S/c1-26-17(23)12-5-3-4-6-15(12)20-16(22)10-21(27(2,24)25)11-7-8-14(19)13(18)9-11/h3-9H,10H2,1-2H3,(H,20,22). The average molecular weight is 415 g/mol. The molecule has 2 aromatic rings. The molecule has 10 heteroatoms. The molecule has 0 fully saturated rings. The van der Waals surface area contributed by atoms with Crippen LogP contribution >= 0.6 is 11.6 Å². The maximum Gasteiger partial charge on any atom is 0.339 e. The Labute approximate surface area is 160 Å². The normalized spacial score (nSPS) is 11.0. The second kappa shape index (κ2) is 8.36. The SMILES string of the molecule is COC(=O)c1ccccc1NC(=O)CN(c1ccc(F)c(Cl)c1)S(C)(=O)=O.